The van der Waals surface area contributed by atoms with Crippen molar-refractivity contribution >= 4 is 5.69 Å². The van der Waals surface area contributed by atoms with Crippen LogP contribution in [0.1, 0.15) is 24.0 Å². The first-order chi connectivity index (χ1) is 10.4. The average molecular weight is 278 g/mol. The van der Waals surface area contributed by atoms with Crippen molar-refractivity contribution in [1.29, 1.82) is 0 Å². The summed E-state index contributed by atoms with van der Waals surface area (Å²) in [6, 6.07) is 19.9. The molecule has 108 valence electrons. The lowest BCUT2D eigenvalue weighted by Crippen LogP contribution is -2.43. The minimum absolute atomic E-state index is 0.372. The van der Waals surface area contributed by atoms with Gasteiger partial charge in [0.2, 0.25) is 0 Å². The molecule has 4 rings (SSSR count). The standard InChI is InChI=1S/C19H22N2/c1-2-6-16(7-3-1)14-21-15-19(10-12-20-13-11-19)17-8-4-5-9-18(17)21/h1-9,20H,10-15H2. The molecule has 2 heteroatoms. The number of nitrogens with zero attached hydrogens (tertiary/aromatic N) is 1. The second-order valence-corrected chi connectivity index (χ2v) is 6.39. The van der Waals surface area contributed by atoms with Crippen LogP contribution in [0, 0.1) is 0 Å². The van der Waals surface area contributed by atoms with E-state index in [0.29, 0.717) is 5.41 Å². The molecule has 0 amide bonds. The summed E-state index contributed by atoms with van der Waals surface area (Å²) in [4.78, 5) is 2.58. The maximum absolute atomic E-state index is 3.51. The highest BCUT2D eigenvalue weighted by Crippen LogP contribution is 2.46. The lowest BCUT2D eigenvalue weighted by atomic mass is 9.75. The highest BCUT2D eigenvalue weighted by Gasteiger charge is 2.42. The Morgan fingerprint density at radius 3 is 2.43 bits per heavy atom. The van der Waals surface area contributed by atoms with Gasteiger partial charge in [-0.1, -0.05) is 48.5 Å². The zero-order chi connectivity index (χ0) is 14.1. The number of rotatable bonds is 2. The Morgan fingerprint density at radius 1 is 0.905 bits per heavy atom. The van der Waals surface area contributed by atoms with Crippen LogP contribution in [0.5, 0.6) is 0 Å². The van der Waals surface area contributed by atoms with Gasteiger partial charge in [-0.3, -0.25) is 0 Å². The molecule has 1 spiro atoms. The molecule has 21 heavy (non-hydrogen) atoms. The first-order valence-corrected chi connectivity index (χ1v) is 7.97. The van der Waals surface area contributed by atoms with Crippen molar-refractivity contribution in [3.63, 3.8) is 0 Å². The minimum Gasteiger partial charge on any atom is -0.366 e. The van der Waals surface area contributed by atoms with Crippen LogP contribution >= 0.6 is 0 Å². The van der Waals surface area contributed by atoms with Crippen molar-refractivity contribution in [2.24, 2.45) is 0 Å². The molecule has 0 unspecified atom stereocenters. The topological polar surface area (TPSA) is 15.3 Å². The smallest absolute Gasteiger partial charge is 0.0429 e. The maximum Gasteiger partial charge on any atom is 0.0429 e. The van der Waals surface area contributed by atoms with Gasteiger partial charge in [0.25, 0.3) is 0 Å². The average Bonchev–Trinajstić information content (AvgIpc) is 2.83. The van der Waals surface area contributed by atoms with Crippen LogP contribution in [-0.4, -0.2) is 19.6 Å². The van der Waals surface area contributed by atoms with Crippen LogP contribution in [-0.2, 0) is 12.0 Å². The van der Waals surface area contributed by atoms with Crippen LogP contribution in [0.2, 0.25) is 0 Å². The molecule has 2 aromatic carbocycles. The zero-order valence-electron chi connectivity index (χ0n) is 12.4. The lowest BCUT2D eigenvalue weighted by molar-refractivity contribution is 0.325. The molecule has 2 aliphatic heterocycles. The molecule has 1 fully saturated rings. The number of hydrogen-bond donors (Lipinski definition) is 1. The number of nitrogens with one attached hydrogen (secondary N) is 1. The Balaban J connectivity index is 1.68. The van der Waals surface area contributed by atoms with Gasteiger partial charge in [-0.05, 0) is 43.1 Å². The molecule has 0 aliphatic carbocycles. The van der Waals surface area contributed by atoms with Crippen molar-refractivity contribution in [2.45, 2.75) is 24.8 Å². The molecular weight excluding hydrogens is 256 g/mol. The Kier molecular flexibility index (Phi) is 3.19. The van der Waals surface area contributed by atoms with Crippen molar-refractivity contribution in [1.82, 2.24) is 5.32 Å². The van der Waals surface area contributed by atoms with Crippen LogP contribution < -0.4 is 10.2 Å². The fourth-order valence-electron chi connectivity index (χ4n) is 4.01. The molecule has 1 N–H and O–H groups in total. The molecule has 0 radical (unpaired) electrons. The fraction of sp³-hybridized carbons (Fsp3) is 0.368. The number of piperidine rings is 1. The van der Waals surface area contributed by atoms with Gasteiger partial charge in [-0.15, -0.1) is 0 Å². The third-order valence-corrected chi connectivity index (χ3v) is 5.09. The summed E-state index contributed by atoms with van der Waals surface area (Å²) < 4.78 is 0. The summed E-state index contributed by atoms with van der Waals surface area (Å²) in [6.45, 7) is 4.48. The molecule has 2 nitrogen and oxygen atoms in total. The molecule has 0 aromatic heterocycles. The van der Waals surface area contributed by atoms with Gasteiger partial charge in [-0.25, -0.2) is 0 Å². The van der Waals surface area contributed by atoms with Gasteiger partial charge in [0, 0.05) is 24.2 Å². The van der Waals surface area contributed by atoms with Crippen molar-refractivity contribution in [2.75, 3.05) is 24.5 Å². The van der Waals surface area contributed by atoms with Gasteiger partial charge in [0.15, 0.2) is 0 Å². The van der Waals surface area contributed by atoms with E-state index >= 15 is 0 Å². The molecular formula is C19H22N2. The summed E-state index contributed by atoms with van der Waals surface area (Å²) in [5, 5.41) is 3.51. The van der Waals surface area contributed by atoms with E-state index in [0.717, 1.165) is 19.6 Å². The van der Waals surface area contributed by atoms with Crippen molar-refractivity contribution < 1.29 is 0 Å². The number of benzene rings is 2. The SMILES string of the molecule is c1ccc(CN2CC3(CCNCC3)c3ccccc32)cc1. The summed E-state index contributed by atoms with van der Waals surface area (Å²) in [6.07, 6.45) is 2.52. The molecule has 1 saturated heterocycles. The second-order valence-electron chi connectivity index (χ2n) is 6.39. The van der Waals surface area contributed by atoms with Crippen LogP contribution in [0.4, 0.5) is 5.69 Å². The third kappa shape index (κ3) is 2.24. The summed E-state index contributed by atoms with van der Waals surface area (Å²) in [5.41, 5.74) is 4.79. The fourth-order valence-corrected chi connectivity index (χ4v) is 4.01. The Bertz CT molecular complexity index is 614. The highest BCUT2D eigenvalue weighted by molar-refractivity contribution is 5.63. The van der Waals surface area contributed by atoms with E-state index in [1.54, 1.807) is 5.56 Å². The van der Waals surface area contributed by atoms with Crippen LogP contribution in [0.25, 0.3) is 0 Å². The van der Waals surface area contributed by atoms with E-state index < -0.39 is 0 Å². The summed E-state index contributed by atoms with van der Waals surface area (Å²) in [7, 11) is 0. The Labute approximate surface area is 126 Å². The molecule has 0 atom stereocenters. The van der Waals surface area contributed by atoms with Gasteiger partial charge in [0.1, 0.15) is 0 Å². The second kappa shape index (κ2) is 5.19. The van der Waals surface area contributed by atoms with Crippen molar-refractivity contribution in [3.8, 4) is 0 Å². The van der Waals surface area contributed by atoms with Gasteiger partial charge in [0.05, 0.1) is 0 Å². The Hall–Kier alpha value is -1.80. The number of para-hydroxylation sites is 1. The normalized spacial score (nSPS) is 19.7. The number of anilines is 1. The highest BCUT2D eigenvalue weighted by atomic mass is 15.2. The van der Waals surface area contributed by atoms with E-state index in [9.17, 15) is 0 Å². The summed E-state index contributed by atoms with van der Waals surface area (Å²) >= 11 is 0. The first kappa shape index (κ1) is 12.9. The van der Waals surface area contributed by atoms with Crippen LogP contribution in [0.3, 0.4) is 0 Å². The Morgan fingerprint density at radius 2 is 1.62 bits per heavy atom. The van der Waals surface area contributed by atoms with Gasteiger partial charge < -0.3 is 10.2 Å². The first-order valence-electron chi connectivity index (χ1n) is 7.97. The predicted octanol–water partition coefficient (Wildman–Crippen LogP) is 3.33. The lowest BCUT2D eigenvalue weighted by Gasteiger charge is -2.35. The molecule has 2 heterocycles. The van der Waals surface area contributed by atoms with E-state index in [2.05, 4.69) is 64.8 Å². The quantitative estimate of drug-likeness (QED) is 0.906. The van der Waals surface area contributed by atoms with Gasteiger partial charge in [-0.2, -0.15) is 0 Å². The predicted molar refractivity (Wildman–Crippen MR) is 87.7 cm³/mol. The minimum atomic E-state index is 0.372. The third-order valence-electron chi connectivity index (χ3n) is 5.09. The van der Waals surface area contributed by atoms with E-state index in [1.807, 2.05) is 0 Å². The number of fused-ring (bicyclic) bond motifs is 2. The molecule has 2 aromatic rings. The van der Waals surface area contributed by atoms with E-state index in [4.69, 9.17) is 0 Å². The zero-order valence-corrected chi connectivity index (χ0v) is 12.4. The van der Waals surface area contributed by atoms with Crippen LogP contribution in [0.15, 0.2) is 54.6 Å². The maximum atomic E-state index is 3.51. The van der Waals surface area contributed by atoms with E-state index in [-0.39, 0.29) is 0 Å². The van der Waals surface area contributed by atoms with E-state index in [1.165, 1.54) is 30.6 Å². The molecule has 0 saturated carbocycles. The monoisotopic (exact) mass is 278 g/mol. The van der Waals surface area contributed by atoms with Crippen molar-refractivity contribution in [3.05, 3.63) is 65.7 Å². The summed E-state index contributed by atoms with van der Waals surface area (Å²) in [5.74, 6) is 0. The van der Waals surface area contributed by atoms with Gasteiger partial charge >= 0.3 is 0 Å². The number of hydrogen-bond acceptors (Lipinski definition) is 2. The molecule has 2 aliphatic rings. The molecule has 0 bridgehead atoms. The largest absolute Gasteiger partial charge is 0.366 e.